The maximum Gasteiger partial charge on any atom is 0.159 e. The van der Waals surface area contributed by atoms with Gasteiger partial charge in [-0.05, 0) is 25.7 Å². The molecule has 0 spiro atoms. The van der Waals surface area contributed by atoms with Crippen LogP contribution in [0.2, 0.25) is 0 Å². The molecule has 1 saturated heterocycles. The second-order valence-corrected chi connectivity index (χ2v) is 6.18. The number of likely N-dealkylation sites (tertiary alicyclic amines) is 1. The van der Waals surface area contributed by atoms with E-state index >= 15 is 0 Å². The summed E-state index contributed by atoms with van der Waals surface area (Å²) in [6, 6.07) is 0.749. The van der Waals surface area contributed by atoms with Gasteiger partial charge in [0.2, 0.25) is 0 Å². The predicted molar refractivity (Wildman–Crippen MR) is 72.1 cm³/mol. The van der Waals surface area contributed by atoms with Crippen molar-refractivity contribution in [1.29, 1.82) is 0 Å². The fourth-order valence-corrected chi connectivity index (χ4v) is 3.96. The Labute approximate surface area is 105 Å². The number of halogens is 1. The molecule has 0 radical (unpaired) electrons. The van der Waals surface area contributed by atoms with Crippen molar-refractivity contribution < 1.29 is 0 Å². The van der Waals surface area contributed by atoms with Crippen molar-refractivity contribution in [3.63, 3.8) is 0 Å². The number of amidine groups is 1. The van der Waals surface area contributed by atoms with E-state index in [0.29, 0.717) is 5.25 Å². The average molecular weight is 291 g/mol. The van der Waals surface area contributed by atoms with Gasteiger partial charge in [-0.3, -0.25) is 4.99 Å². The number of hydrogen-bond donors (Lipinski definition) is 0. The molecule has 2 unspecified atom stereocenters. The summed E-state index contributed by atoms with van der Waals surface area (Å²) in [7, 11) is 0. The monoisotopic (exact) mass is 290 g/mol. The number of rotatable bonds is 2. The Bertz CT molecular complexity index is 245. The van der Waals surface area contributed by atoms with Crippen molar-refractivity contribution in [1.82, 2.24) is 4.90 Å². The molecule has 0 saturated carbocycles. The summed E-state index contributed by atoms with van der Waals surface area (Å²) in [5, 5.41) is 3.04. The number of alkyl halides is 1. The Morgan fingerprint density at radius 1 is 1.53 bits per heavy atom. The number of thioether (sulfide) groups is 1. The Morgan fingerprint density at radius 3 is 3.07 bits per heavy atom. The van der Waals surface area contributed by atoms with Gasteiger partial charge in [0.1, 0.15) is 0 Å². The Kier molecular flexibility index (Phi) is 4.38. The summed E-state index contributed by atoms with van der Waals surface area (Å²) in [5.41, 5.74) is 0. The third-order valence-corrected chi connectivity index (χ3v) is 5.65. The lowest BCUT2D eigenvalue weighted by Gasteiger charge is -2.36. The highest BCUT2D eigenvalue weighted by Crippen LogP contribution is 2.30. The summed E-state index contributed by atoms with van der Waals surface area (Å²) >= 11 is 5.51. The van der Waals surface area contributed by atoms with E-state index in [4.69, 9.17) is 0 Å². The van der Waals surface area contributed by atoms with Gasteiger partial charge < -0.3 is 4.90 Å². The fraction of sp³-hybridized carbons (Fsp3) is 0.909. The molecular weight excluding hydrogens is 272 g/mol. The molecule has 0 aromatic heterocycles. The van der Waals surface area contributed by atoms with E-state index in [9.17, 15) is 0 Å². The highest BCUT2D eigenvalue weighted by Gasteiger charge is 2.28. The molecule has 2 aliphatic heterocycles. The van der Waals surface area contributed by atoms with Crippen molar-refractivity contribution in [3.8, 4) is 0 Å². The van der Waals surface area contributed by atoms with Crippen molar-refractivity contribution >= 4 is 32.9 Å². The molecule has 1 fully saturated rings. The molecule has 86 valence electrons. The highest BCUT2D eigenvalue weighted by atomic mass is 79.9. The molecule has 0 bridgehead atoms. The van der Waals surface area contributed by atoms with Gasteiger partial charge in [0, 0.05) is 23.2 Å². The first-order valence-corrected chi connectivity index (χ1v) is 7.89. The Balaban J connectivity index is 1.96. The van der Waals surface area contributed by atoms with Crippen LogP contribution in [0.3, 0.4) is 0 Å². The normalized spacial score (nSPS) is 31.9. The molecule has 2 nitrogen and oxygen atoms in total. The first-order valence-electron chi connectivity index (χ1n) is 5.89. The standard InChI is InChI=1S/C11H19BrN2S/c1-2-9-5-3-4-6-14(9)11-13-8-10(7-12)15-11/h9-10H,2-8H2,1H3. The topological polar surface area (TPSA) is 15.6 Å². The van der Waals surface area contributed by atoms with E-state index in [2.05, 4.69) is 32.7 Å². The number of piperidine rings is 1. The largest absolute Gasteiger partial charge is 0.349 e. The summed E-state index contributed by atoms with van der Waals surface area (Å²) in [5.74, 6) is 0. The zero-order chi connectivity index (χ0) is 10.7. The zero-order valence-corrected chi connectivity index (χ0v) is 11.7. The van der Waals surface area contributed by atoms with Crippen LogP contribution in [-0.4, -0.2) is 39.8 Å². The molecule has 0 N–H and O–H groups in total. The molecule has 2 atom stereocenters. The lowest BCUT2D eigenvalue weighted by atomic mass is 10.0. The average Bonchev–Trinajstić information content (AvgIpc) is 2.77. The second kappa shape index (κ2) is 5.58. The second-order valence-electron chi connectivity index (χ2n) is 4.27. The molecule has 2 aliphatic rings. The van der Waals surface area contributed by atoms with Crippen LogP contribution in [0.15, 0.2) is 4.99 Å². The van der Waals surface area contributed by atoms with Gasteiger partial charge >= 0.3 is 0 Å². The van der Waals surface area contributed by atoms with E-state index in [-0.39, 0.29) is 0 Å². The summed E-state index contributed by atoms with van der Waals surface area (Å²) in [4.78, 5) is 7.24. The predicted octanol–water partition coefficient (Wildman–Crippen LogP) is 3.12. The SMILES string of the molecule is CCC1CCCCN1C1=NCC(CBr)S1. The van der Waals surface area contributed by atoms with Gasteiger partial charge in [-0.25, -0.2) is 0 Å². The number of aliphatic imine (C=N–C) groups is 1. The minimum Gasteiger partial charge on any atom is -0.349 e. The molecule has 0 aromatic rings. The quantitative estimate of drug-likeness (QED) is 0.726. The molecular formula is C11H19BrN2S. The van der Waals surface area contributed by atoms with Crippen LogP contribution in [0.5, 0.6) is 0 Å². The van der Waals surface area contributed by atoms with Crippen LogP contribution in [-0.2, 0) is 0 Å². The van der Waals surface area contributed by atoms with E-state index in [1.165, 1.54) is 37.4 Å². The van der Waals surface area contributed by atoms with Gasteiger partial charge in [0.05, 0.1) is 6.54 Å². The Morgan fingerprint density at radius 2 is 2.40 bits per heavy atom. The van der Waals surface area contributed by atoms with Crippen LogP contribution in [0.4, 0.5) is 0 Å². The fourth-order valence-electron chi connectivity index (χ4n) is 2.32. The lowest BCUT2D eigenvalue weighted by molar-refractivity contribution is 0.240. The highest BCUT2D eigenvalue weighted by molar-refractivity contribution is 9.09. The summed E-state index contributed by atoms with van der Waals surface area (Å²) in [6.45, 7) is 4.52. The number of hydrogen-bond acceptors (Lipinski definition) is 3. The third kappa shape index (κ3) is 2.70. The van der Waals surface area contributed by atoms with Crippen LogP contribution < -0.4 is 0 Å². The first-order chi connectivity index (χ1) is 7.35. The van der Waals surface area contributed by atoms with Crippen molar-refractivity contribution in [2.24, 2.45) is 4.99 Å². The van der Waals surface area contributed by atoms with E-state index in [1.807, 2.05) is 11.8 Å². The van der Waals surface area contributed by atoms with Gasteiger partial charge in [-0.1, -0.05) is 34.6 Å². The van der Waals surface area contributed by atoms with Crippen LogP contribution >= 0.6 is 27.7 Å². The van der Waals surface area contributed by atoms with Gasteiger partial charge in [-0.2, -0.15) is 0 Å². The minimum absolute atomic E-state index is 0.666. The molecule has 0 aromatic carbocycles. The maximum absolute atomic E-state index is 4.69. The summed E-state index contributed by atoms with van der Waals surface area (Å²) < 4.78 is 0. The maximum atomic E-state index is 4.69. The van der Waals surface area contributed by atoms with Crippen LogP contribution in [0, 0.1) is 0 Å². The number of nitrogens with zero attached hydrogens (tertiary/aromatic N) is 2. The summed E-state index contributed by atoms with van der Waals surface area (Å²) in [6.07, 6.45) is 5.36. The molecule has 15 heavy (non-hydrogen) atoms. The van der Waals surface area contributed by atoms with E-state index < -0.39 is 0 Å². The van der Waals surface area contributed by atoms with E-state index in [1.54, 1.807) is 0 Å². The molecule has 4 heteroatoms. The zero-order valence-electron chi connectivity index (χ0n) is 9.29. The van der Waals surface area contributed by atoms with Crippen LogP contribution in [0.1, 0.15) is 32.6 Å². The lowest BCUT2D eigenvalue weighted by Crippen LogP contribution is -2.41. The first kappa shape index (κ1) is 11.8. The molecule has 2 heterocycles. The van der Waals surface area contributed by atoms with Crippen molar-refractivity contribution in [2.75, 3.05) is 18.4 Å². The Hall–Kier alpha value is 0.300. The molecule has 0 aliphatic carbocycles. The van der Waals surface area contributed by atoms with Crippen molar-refractivity contribution in [3.05, 3.63) is 0 Å². The van der Waals surface area contributed by atoms with E-state index in [0.717, 1.165) is 17.9 Å². The third-order valence-electron chi connectivity index (χ3n) is 3.22. The van der Waals surface area contributed by atoms with Gasteiger partial charge in [0.25, 0.3) is 0 Å². The van der Waals surface area contributed by atoms with Crippen molar-refractivity contribution in [2.45, 2.75) is 43.9 Å². The molecule has 0 amide bonds. The van der Waals surface area contributed by atoms with Gasteiger partial charge in [-0.15, -0.1) is 0 Å². The van der Waals surface area contributed by atoms with Gasteiger partial charge in [0.15, 0.2) is 5.17 Å². The molecule has 2 rings (SSSR count). The van der Waals surface area contributed by atoms with Crippen LogP contribution in [0.25, 0.3) is 0 Å². The minimum atomic E-state index is 0.666. The smallest absolute Gasteiger partial charge is 0.159 e.